The van der Waals surface area contributed by atoms with Crippen LogP contribution in [0.25, 0.3) is 6.08 Å². The lowest BCUT2D eigenvalue weighted by Gasteiger charge is -2.04. The van der Waals surface area contributed by atoms with Crippen LogP contribution >= 0.6 is 0 Å². The van der Waals surface area contributed by atoms with Crippen molar-refractivity contribution in [3.05, 3.63) is 65.2 Å². The molecule has 21 heavy (non-hydrogen) atoms. The highest BCUT2D eigenvalue weighted by Crippen LogP contribution is 2.24. The number of hydrogen-bond acceptors (Lipinski definition) is 3. The van der Waals surface area contributed by atoms with E-state index in [1.807, 2.05) is 24.3 Å². The Bertz CT molecular complexity index is 655. The van der Waals surface area contributed by atoms with Gasteiger partial charge < -0.3 is 9.84 Å². The summed E-state index contributed by atoms with van der Waals surface area (Å²) < 4.78 is 4.99. The van der Waals surface area contributed by atoms with Gasteiger partial charge in [0.25, 0.3) is 0 Å². The maximum atomic E-state index is 12.1. The van der Waals surface area contributed by atoms with Gasteiger partial charge in [-0.1, -0.05) is 37.3 Å². The fourth-order valence-corrected chi connectivity index (χ4v) is 1.97. The van der Waals surface area contributed by atoms with Crippen LogP contribution in [0.2, 0.25) is 0 Å². The topological polar surface area (TPSA) is 46.5 Å². The number of methoxy groups -OCH3 is 1. The van der Waals surface area contributed by atoms with Gasteiger partial charge in [0.1, 0.15) is 11.5 Å². The molecule has 0 fully saturated rings. The molecular formula is C18H18O3. The third-order valence-electron chi connectivity index (χ3n) is 3.29. The number of rotatable bonds is 5. The van der Waals surface area contributed by atoms with Gasteiger partial charge in [-0.25, -0.2) is 0 Å². The quantitative estimate of drug-likeness (QED) is 0.669. The van der Waals surface area contributed by atoms with Crippen molar-refractivity contribution in [2.75, 3.05) is 7.11 Å². The Balaban J connectivity index is 2.14. The Hall–Kier alpha value is -2.55. The summed E-state index contributed by atoms with van der Waals surface area (Å²) in [5, 5.41) is 9.82. The van der Waals surface area contributed by atoms with E-state index in [0.29, 0.717) is 5.75 Å². The molecule has 0 saturated carbocycles. The Morgan fingerprint density at radius 2 is 1.90 bits per heavy atom. The standard InChI is InChI=1S/C18H18O3/c1-3-13-4-6-14(7-5-13)8-11-17(19)16-10-9-15(21-2)12-18(16)20/h4-12,20H,3H2,1-2H3. The van der Waals surface area contributed by atoms with Crippen LogP contribution in [0.3, 0.4) is 0 Å². The number of allylic oxidation sites excluding steroid dienone is 1. The zero-order chi connectivity index (χ0) is 15.2. The van der Waals surface area contributed by atoms with E-state index >= 15 is 0 Å². The van der Waals surface area contributed by atoms with Gasteiger partial charge in [-0.3, -0.25) is 4.79 Å². The molecule has 2 aromatic carbocycles. The summed E-state index contributed by atoms with van der Waals surface area (Å²) in [6.07, 6.45) is 4.19. The summed E-state index contributed by atoms with van der Waals surface area (Å²) in [5.41, 5.74) is 2.47. The molecule has 0 radical (unpaired) electrons. The number of hydrogen-bond donors (Lipinski definition) is 1. The average Bonchev–Trinajstić information content (AvgIpc) is 2.52. The van der Waals surface area contributed by atoms with Crippen molar-refractivity contribution in [2.45, 2.75) is 13.3 Å². The van der Waals surface area contributed by atoms with Crippen molar-refractivity contribution in [3.63, 3.8) is 0 Å². The number of carbonyl (C=O) groups is 1. The molecule has 108 valence electrons. The second kappa shape index (κ2) is 6.75. The number of benzene rings is 2. The number of ketones is 1. The van der Waals surface area contributed by atoms with Gasteiger partial charge in [0.2, 0.25) is 0 Å². The second-order valence-electron chi connectivity index (χ2n) is 4.68. The van der Waals surface area contributed by atoms with E-state index < -0.39 is 0 Å². The van der Waals surface area contributed by atoms with E-state index in [4.69, 9.17) is 4.74 Å². The third-order valence-corrected chi connectivity index (χ3v) is 3.29. The minimum absolute atomic E-state index is 0.0784. The molecule has 0 atom stereocenters. The van der Waals surface area contributed by atoms with Crippen molar-refractivity contribution in [1.29, 1.82) is 0 Å². The lowest BCUT2D eigenvalue weighted by atomic mass is 10.1. The molecule has 0 aliphatic carbocycles. The van der Waals surface area contributed by atoms with Crippen LogP contribution in [0.1, 0.15) is 28.4 Å². The number of carbonyl (C=O) groups excluding carboxylic acids is 1. The lowest BCUT2D eigenvalue weighted by molar-refractivity contribution is 0.104. The van der Waals surface area contributed by atoms with Crippen molar-refractivity contribution in [3.8, 4) is 11.5 Å². The summed E-state index contributed by atoms with van der Waals surface area (Å²) in [6.45, 7) is 2.10. The molecular weight excluding hydrogens is 264 g/mol. The van der Waals surface area contributed by atoms with E-state index in [9.17, 15) is 9.90 Å². The Morgan fingerprint density at radius 3 is 2.48 bits per heavy atom. The van der Waals surface area contributed by atoms with Crippen LogP contribution in [-0.4, -0.2) is 18.0 Å². The monoisotopic (exact) mass is 282 g/mol. The normalized spacial score (nSPS) is 10.8. The molecule has 0 unspecified atom stereocenters. The molecule has 0 amide bonds. The Morgan fingerprint density at radius 1 is 1.19 bits per heavy atom. The van der Waals surface area contributed by atoms with Crippen LogP contribution in [0, 0.1) is 0 Å². The summed E-state index contributed by atoms with van der Waals surface area (Å²) in [6, 6.07) is 12.6. The van der Waals surface area contributed by atoms with Gasteiger partial charge in [-0.05, 0) is 35.8 Å². The first kappa shape index (κ1) is 14.9. The summed E-state index contributed by atoms with van der Waals surface area (Å²) in [7, 11) is 1.51. The molecule has 2 rings (SSSR count). The first-order valence-electron chi connectivity index (χ1n) is 6.82. The predicted molar refractivity (Wildman–Crippen MR) is 83.8 cm³/mol. The lowest BCUT2D eigenvalue weighted by Crippen LogP contribution is -1.95. The maximum absolute atomic E-state index is 12.1. The predicted octanol–water partition coefficient (Wildman–Crippen LogP) is 3.86. The number of aromatic hydroxyl groups is 1. The molecule has 3 heteroatoms. The molecule has 3 nitrogen and oxygen atoms in total. The molecule has 0 aromatic heterocycles. The van der Waals surface area contributed by atoms with Crippen LogP contribution in [0.4, 0.5) is 0 Å². The van der Waals surface area contributed by atoms with Gasteiger partial charge in [-0.2, -0.15) is 0 Å². The molecule has 2 aromatic rings. The number of phenolic OH excluding ortho intramolecular Hbond substituents is 1. The van der Waals surface area contributed by atoms with E-state index in [2.05, 4.69) is 6.92 Å². The van der Waals surface area contributed by atoms with Gasteiger partial charge in [-0.15, -0.1) is 0 Å². The smallest absolute Gasteiger partial charge is 0.189 e. The summed E-state index contributed by atoms with van der Waals surface area (Å²) in [4.78, 5) is 12.1. The van der Waals surface area contributed by atoms with Crippen molar-refractivity contribution >= 4 is 11.9 Å². The van der Waals surface area contributed by atoms with Crippen LogP contribution < -0.4 is 4.74 Å². The molecule has 0 aliphatic rings. The number of phenols is 1. The minimum Gasteiger partial charge on any atom is -0.507 e. The fraction of sp³-hybridized carbons (Fsp3) is 0.167. The fourth-order valence-electron chi connectivity index (χ4n) is 1.97. The highest BCUT2D eigenvalue weighted by Gasteiger charge is 2.09. The molecule has 0 aliphatic heterocycles. The number of ether oxygens (including phenoxy) is 1. The largest absolute Gasteiger partial charge is 0.507 e. The van der Waals surface area contributed by atoms with E-state index in [0.717, 1.165) is 12.0 Å². The Labute approximate surface area is 124 Å². The molecule has 0 bridgehead atoms. The third kappa shape index (κ3) is 3.72. The first-order chi connectivity index (χ1) is 10.1. The van der Waals surface area contributed by atoms with E-state index in [1.54, 1.807) is 18.2 Å². The second-order valence-corrected chi connectivity index (χ2v) is 4.68. The van der Waals surface area contributed by atoms with Crippen LogP contribution in [0.5, 0.6) is 11.5 Å². The summed E-state index contributed by atoms with van der Waals surface area (Å²) in [5.74, 6) is 0.197. The van der Waals surface area contributed by atoms with Crippen LogP contribution in [-0.2, 0) is 6.42 Å². The highest BCUT2D eigenvalue weighted by atomic mass is 16.5. The number of aryl methyl sites for hydroxylation is 1. The molecule has 1 N–H and O–H groups in total. The summed E-state index contributed by atoms with van der Waals surface area (Å²) >= 11 is 0. The molecule has 0 saturated heterocycles. The molecule has 0 heterocycles. The van der Waals surface area contributed by atoms with Gasteiger partial charge in [0, 0.05) is 6.07 Å². The van der Waals surface area contributed by atoms with E-state index in [-0.39, 0.29) is 17.1 Å². The minimum atomic E-state index is -0.241. The van der Waals surface area contributed by atoms with Crippen LogP contribution in [0.15, 0.2) is 48.5 Å². The zero-order valence-electron chi connectivity index (χ0n) is 12.2. The van der Waals surface area contributed by atoms with Crippen molar-refractivity contribution in [1.82, 2.24) is 0 Å². The van der Waals surface area contributed by atoms with E-state index in [1.165, 1.54) is 24.8 Å². The van der Waals surface area contributed by atoms with Gasteiger partial charge in [0.15, 0.2) is 5.78 Å². The van der Waals surface area contributed by atoms with Crippen molar-refractivity contribution < 1.29 is 14.6 Å². The maximum Gasteiger partial charge on any atom is 0.189 e. The van der Waals surface area contributed by atoms with Crippen molar-refractivity contribution in [2.24, 2.45) is 0 Å². The highest BCUT2D eigenvalue weighted by molar-refractivity contribution is 6.08. The SMILES string of the molecule is CCc1ccc(C=CC(=O)c2ccc(OC)cc2O)cc1. The first-order valence-corrected chi connectivity index (χ1v) is 6.82. The molecule has 0 spiro atoms. The van der Waals surface area contributed by atoms with Gasteiger partial charge in [0.05, 0.1) is 12.7 Å². The average molecular weight is 282 g/mol. The van der Waals surface area contributed by atoms with Gasteiger partial charge >= 0.3 is 0 Å². The Kier molecular flexibility index (Phi) is 4.77. The zero-order valence-corrected chi connectivity index (χ0v) is 12.2.